The minimum Gasteiger partial charge on any atom is -0.325 e. The summed E-state index contributed by atoms with van der Waals surface area (Å²) in [6.45, 7) is 6.53. The van der Waals surface area contributed by atoms with E-state index < -0.39 is 0 Å². The van der Waals surface area contributed by atoms with Crippen molar-refractivity contribution in [3.63, 3.8) is 0 Å². The molecule has 26 heavy (non-hydrogen) atoms. The molecule has 136 valence electrons. The molecule has 5 nitrogen and oxygen atoms in total. The summed E-state index contributed by atoms with van der Waals surface area (Å²) in [5.41, 5.74) is 1.59. The fraction of sp³-hybridized carbons (Fsp3) is 0.278. The number of halogens is 1. The maximum atomic E-state index is 12.6. The molecule has 1 atom stereocenters. The molecule has 2 heterocycles. The van der Waals surface area contributed by atoms with Crippen LogP contribution in [0.4, 0.5) is 5.69 Å². The lowest BCUT2D eigenvalue weighted by Gasteiger charge is -2.14. The van der Waals surface area contributed by atoms with Gasteiger partial charge in [-0.3, -0.25) is 4.79 Å². The van der Waals surface area contributed by atoms with Crippen LogP contribution in [0.1, 0.15) is 19.4 Å². The normalized spacial score (nSPS) is 12.2. The van der Waals surface area contributed by atoms with Gasteiger partial charge in [0.2, 0.25) is 5.91 Å². The number of rotatable bonds is 6. The summed E-state index contributed by atoms with van der Waals surface area (Å²) in [6, 6.07) is 9.49. The van der Waals surface area contributed by atoms with Crippen molar-refractivity contribution < 1.29 is 4.79 Å². The molecule has 0 saturated heterocycles. The largest absolute Gasteiger partial charge is 0.325 e. The van der Waals surface area contributed by atoms with Crippen molar-refractivity contribution >= 4 is 46.3 Å². The van der Waals surface area contributed by atoms with Gasteiger partial charge in [0, 0.05) is 17.3 Å². The van der Waals surface area contributed by atoms with E-state index in [1.807, 2.05) is 55.0 Å². The lowest BCUT2D eigenvalue weighted by atomic mass is 10.2. The second-order valence-corrected chi connectivity index (χ2v) is 8.35. The molecule has 0 fully saturated rings. The first-order chi connectivity index (χ1) is 12.5. The Morgan fingerprint density at radius 1 is 1.35 bits per heavy atom. The average Bonchev–Trinajstić information content (AvgIpc) is 3.28. The Kier molecular flexibility index (Phi) is 6.01. The van der Waals surface area contributed by atoms with Crippen molar-refractivity contribution in [3.05, 3.63) is 46.3 Å². The fourth-order valence-corrected chi connectivity index (χ4v) is 4.24. The highest BCUT2D eigenvalue weighted by molar-refractivity contribution is 8.00. The highest BCUT2D eigenvalue weighted by atomic mass is 35.5. The minimum absolute atomic E-state index is 0.0938. The second-order valence-electron chi connectivity index (χ2n) is 5.69. The summed E-state index contributed by atoms with van der Waals surface area (Å²) >= 11 is 9.14. The maximum Gasteiger partial charge on any atom is 0.237 e. The quantitative estimate of drug-likeness (QED) is 0.578. The number of thiophene rings is 1. The summed E-state index contributed by atoms with van der Waals surface area (Å²) in [6.07, 6.45) is 0. The van der Waals surface area contributed by atoms with Crippen LogP contribution in [-0.2, 0) is 11.3 Å². The summed E-state index contributed by atoms with van der Waals surface area (Å²) in [5.74, 6) is 0.743. The van der Waals surface area contributed by atoms with E-state index in [0.717, 1.165) is 33.7 Å². The van der Waals surface area contributed by atoms with Crippen molar-refractivity contribution in [2.24, 2.45) is 0 Å². The Morgan fingerprint density at radius 2 is 2.15 bits per heavy atom. The molecule has 3 aromatic rings. The van der Waals surface area contributed by atoms with Gasteiger partial charge in [0.15, 0.2) is 11.0 Å². The summed E-state index contributed by atoms with van der Waals surface area (Å²) < 4.78 is 2.03. The third kappa shape index (κ3) is 3.95. The summed E-state index contributed by atoms with van der Waals surface area (Å²) in [5, 5.41) is 14.6. The maximum absolute atomic E-state index is 12.6. The number of thioether (sulfide) groups is 1. The van der Waals surface area contributed by atoms with Crippen LogP contribution in [0, 0.1) is 6.92 Å². The van der Waals surface area contributed by atoms with Gasteiger partial charge in [-0.15, -0.1) is 21.5 Å². The van der Waals surface area contributed by atoms with Crippen LogP contribution in [0.3, 0.4) is 0 Å². The van der Waals surface area contributed by atoms with Gasteiger partial charge in [0.25, 0.3) is 0 Å². The highest BCUT2D eigenvalue weighted by Crippen LogP contribution is 2.30. The van der Waals surface area contributed by atoms with Gasteiger partial charge >= 0.3 is 0 Å². The number of carbonyl (C=O) groups excluding carboxylic acids is 1. The number of amides is 1. The third-order valence-electron chi connectivity index (χ3n) is 3.95. The lowest BCUT2D eigenvalue weighted by Crippen LogP contribution is -2.23. The monoisotopic (exact) mass is 406 g/mol. The van der Waals surface area contributed by atoms with Crippen molar-refractivity contribution in [2.45, 2.75) is 37.7 Å². The second kappa shape index (κ2) is 8.24. The summed E-state index contributed by atoms with van der Waals surface area (Å²) in [4.78, 5) is 13.7. The number of carbonyl (C=O) groups is 1. The topological polar surface area (TPSA) is 59.8 Å². The molecule has 2 aromatic heterocycles. The SMILES string of the molecule is CCn1c(S[C@H](C)C(=O)Nc2cccc(Cl)c2C)nnc1-c1cccs1. The number of hydrogen-bond donors (Lipinski definition) is 1. The van der Waals surface area contributed by atoms with Crippen molar-refractivity contribution in [2.75, 3.05) is 5.32 Å². The van der Waals surface area contributed by atoms with Crippen LogP contribution in [0.5, 0.6) is 0 Å². The zero-order valence-electron chi connectivity index (χ0n) is 14.7. The zero-order valence-corrected chi connectivity index (χ0v) is 17.1. The molecule has 1 amide bonds. The van der Waals surface area contributed by atoms with E-state index >= 15 is 0 Å². The van der Waals surface area contributed by atoms with E-state index in [4.69, 9.17) is 11.6 Å². The fourth-order valence-electron chi connectivity index (χ4n) is 2.44. The molecule has 1 N–H and O–H groups in total. The number of nitrogens with one attached hydrogen (secondary N) is 1. The molecule has 0 spiro atoms. The molecule has 0 aliphatic carbocycles. The molecule has 1 aromatic carbocycles. The van der Waals surface area contributed by atoms with Crippen molar-refractivity contribution in [1.82, 2.24) is 14.8 Å². The first-order valence-electron chi connectivity index (χ1n) is 8.21. The predicted octanol–water partition coefficient (Wildman–Crippen LogP) is 5.11. The zero-order chi connectivity index (χ0) is 18.7. The number of hydrogen-bond acceptors (Lipinski definition) is 5. The van der Waals surface area contributed by atoms with E-state index in [-0.39, 0.29) is 11.2 Å². The first kappa shape index (κ1) is 18.9. The van der Waals surface area contributed by atoms with Crippen LogP contribution >= 0.6 is 34.7 Å². The van der Waals surface area contributed by atoms with Gasteiger partial charge in [-0.2, -0.15) is 0 Å². The molecule has 0 unspecified atom stereocenters. The standard InChI is InChI=1S/C18H19ClN4OS2/c1-4-23-16(15-9-6-10-25-15)21-22-18(23)26-12(3)17(24)20-14-8-5-7-13(19)11(14)2/h5-10,12H,4H2,1-3H3,(H,20,24)/t12-/m1/s1. The molecular weight excluding hydrogens is 388 g/mol. The van der Waals surface area contributed by atoms with Crippen LogP contribution < -0.4 is 5.32 Å². The van der Waals surface area contributed by atoms with Crippen LogP contribution in [0.2, 0.25) is 5.02 Å². The van der Waals surface area contributed by atoms with Gasteiger partial charge in [-0.1, -0.05) is 35.5 Å². The van der Waals surface area contributed by atoms with Crippen molar-refractivity contribution in [1.29, 1.82) is 0 Å². The van der Waals surface area contributed by atoms with E-state index in [9.17, 15) is 4.79 Å². The number of nitrogens with zero attached hydrogens (tertiary/aromatic N) is 3. The molecular formula is C18H19ClN4OS2. The predicted molar refractivity (Wildman–Crippen MR) is 109 cm³/mol. The van der Waals surface area contributed by atoms with Gasteiger partial charge in [-0.05, 0) is 49.9 Å². The Bertz CT molecular complexity index is 908. The minimum atomic E-state index is -0.320. The van der Waals surface area contributed by atoms with E-state index in [2.05, 4.69) is 15.5 Å². The van der Waals surface area contributed by atoms with Crippen LogP contribution in [0.15, 0.2) is 40.9 Å². The van der Waals surface area contributed by atoms with Gasteiger partial charge in [0.05, 0.1) is 10.1 Å². The van der Waals surface area contributed by atoms with Gasteiger partial charge < -0.3 is 9.88 Å². The average molecular weight is 407 g/mol. The Balaban J connectivity index is 1.74. The number of benzene rings is 1. The lowest BCUT2D eigenvalue weighted by molar-refractivity contribution is -0.115. The highest BCUT2D eigenvalue weighted by Gasteiger charge is 2.21. The molecule has 0 radical (unpaired) electrons. The van der Waals surface area contributed by atoms with Gasteiger partial charge in [0.1, 0.15) is 0 Å². The third-order valence-corrected chi connectivity index (χ3v) is 6.31. The Hall–Kier alpha value is -1.83. The smallest absolute Gasteiger partial charge is 0.237 e. The number of anilines is 1. The number of aromatic nitrogens is 3. The van der Waals surface area contributed by atoms with Crippen LogP contribution in [-0.4, -0.2) is 25.9 Å². The molecule has 0 saturated carbocycles. The van der Waals surface area contributed by atoms with Gasteiger partial charge in [-0.25, -0.2) is 0 Å². The van der Waals surface area contributed by atoms with E-state index in [1.54, 1.807) is 17.4 Å². The molecule has 8 heteroatoms. The Morgan fingerprint density at radius 3 is 2.85 bits per heavy atom. The van der Waals surface area contributed by atoms with Crippen molar-refractivity contribution in [3.8, 4) is 10.7 Å². The summed E-state index contributed by atoms with van der Waals surface area (Å²) in [7, 11) is 0. The molecule has 0 aliphatic rings. The molecule has 3 rings (SSSR count). The van der Waals surface area contributed by atoms with E-state index in [0.29, 0.717) is 5.02 Å². The molecule has 0 bridgehead atoms. The molecule has 0 aliphatic heterocycles. The van der Waals surface area contributed by atoms with Crippen LogP contribution in [0.25, 0.3) is 10.7 Å². The first-order valence-corrected chi connectivity index (χ1v) is 10.3. The van der Waals surface area contributed by atoms with E-state index in [1.165, 1.54) is 11.8 Å². The Labute approximate surface area is 165 Å².